The number of amides is 2. The molecule has 2 rings (SSSR count). The molecule has 0 unspecified atom stereocenters. The molecule has 0 aliphatic carbocycles. The molecule has 0 aliphatic rings. The molecular formula is C24H32ClN3O4S. The number of carbonyl (C=O) groups excluding carboxylic acids is 2. The number of aryl methyl sites for hydroxylation is 1. The quantitative estimate of drug-likeness (QED) is 0.547. The highest BCUT2D eigenvalue weighted by Crippen LogP contribution is 2.28. The van der Waals surface area contributed by atoms with Crippen LogP contribution in [0.4, 0.5) is 5.69 Å². The van der Waals surface area contributed by atoms with Crippen LogP contribution in [-0.4, -0.2) is 50.5 Å². The number of hydrogen-bond acceptors (Lipinski definition) is 4. The second-order valence-corrected chi connectivity index (χ2v) is 10.2. The van der Waals surface area contributed by atoms with Crippen molar-refractivity contribution in [3.63, 3.8) is 0 Å². The molecule has 180 valence electrons. The number of likely N-dealkylation sites (N-methyl/N-ethyl adjacent to an activating group) is 1. The van der Waals surface area contributed by atoms with Crippen molar-refractivity contribution in [1.82, 2.24) is 10.2 Å². The second-order valence-electron chi connectivity index (χ2n) is 7.92. The van der Waals surface area contributed by atoms with Crippen molar-refractivity contribution in [1.29, 1.82) is 0 Å². The van der Waals surface area contributed by atoms with Gasteiger partial charge in [0.25, 0.3) is 0 Å². The Morgan fingerprint density at radius 2 is 1.73 bits per heavy atom. The zero-order valence-corrected chi connectivity index (χ0v) is 21.3. The number of sulfonamides is 1. The molecule has 7 nitrogen and oxygen atoms in total. The van der Waals surface area contributed by atoms with Crippen LogP contribution in [0.3, 0.4) is 0 Å². The fourth-order valence-corrected chi connectivity index (χ4v) is 4.71. The first-order valence-electron chi connectivity index (χ1n) is 10.9. The van der Waals surface area contributed by atoms with E-state index in [4.69, 9.17) is 11.6 Å². The molecular weight excluding hydrogens is 462 g/mol. The number of nitrogens with zero attached hydrogens (tertiary/aromatic N) is 2. The summed E-state index contributed by atoms with van der Waals surface area (Å²) in [6, 6.07) is 11.8. The molecule has 0 aliphatic heterocycles. The highest BCUT2D eigenvalue weighted by molar-refractivity contribution is 7.92. The van der Waals surface area contributed by atoms with E-state index in [0.717, 1.165) is 21.7 Å². The molecule has 0 heterocycles. The van der Waals surface area contributed by atoms with Crippen LogP contribution >= 0.6 is 11.6 Å². The van der Waals surface area contributed by atoms with Crippen LogP contribution in [0.25, 0.3) is 0 Å². The van der Waals surface area contributed by atoms with Crippen molar-refractivity contribution >= 4 is 39.1 Å². The summed E-state index contributed by atoms with van der Waals surface area (Å²) in [7, 11) is -3.80. The lowest BCUT2D eigenvalue weighted by Crippen LogP contribution is -2.52. The molecule has 2 amide bonds. The number of halogens is 1. The number of hydrogen-bond donors (Lipinski definition) is 1. The summed E-state index contributed by atoms with van der Waals surface area (Å²) in [5, 5.41) is 3.18. The lowest BCUT2D eigenvalue weighted by Gasteiger charge is -2.33. The van der Waals surface area contributed by atoms with Gasteiger partial charge in [-0.1, -0.05) is 48.9 Å². The van der Waals surface area contributed by atoms with Crippen LogP contribution in [0, 0.1) is 13.8 Å². The Labute approximate surface area is 201 Å². The molecule has 1 atom stereocenters. The van der Waals surface area contributed by atoms with E-state index in [0.29, 0.717) is 29.2 Å². The number of carbonyl (C=O) groups is 2. The van der Waals surface area contributed by atoms with Gasteiger partial charge >= 0.3 is 0 Å². The summed E-state index contributed by atoms with van der Waals surface area (Å²) in [6.07, 6.45) is 1.44. The molecule has 0 spiro atoms. The van der Waals surface area contributed by atoms with Crippen LogP contribution < -0.4 is 9.62 Å². The van der Waals surface area contributed by atoms with Gasteiger partial charge in [0.1, 0.15) is 12.6 Å². The largest absolute Gasteiger partial charge is 0.355 e. The van der Waals surface area contributed by atoms with E-state index in [1.807, 2.05) is 45.0 Å². The van der Waals surface area contributed by atoms with Crippen molar-refractivity contribution in [2.24, 2.45) is 0 Å². The van der Waals surface area contributed by atoms with Crippen molar-refractivity contribution in [2.45, 2.75) is 46.7 Å². The molecule has 1 N–H and O–H groups in total. The summed E-state index contributed by atoms with van der Waals surface area (Å²) in [5.41, 5.74) is 2.75. The van der Waals surface area contributed by atoms with Gasteiger partial charge in [0, 0.05) is 18.1 Å². The summed E-state index contributed by atoms with van der Waals surface area (Å²) in [5.74, 6) is -0.743. The normalized spacial score (nSPS) is 12.2. The third-order valence-corrected chi connectivity index (χ3v) is 7.06. The monoisotopic (exact) mass is 493 g/mol. The minimum atomic E-state index is -3.80. The van der Waals surface area contributed by atoms with E-state index in [1.54, 1.807) is 25.1 Å². The third-order valence-electron chi connectivity index (χ3n) is 5.53. The van der Waals surface area contributed by atoms with Gasteiger partial charge in [-0.3, -0.25) is 13.9 Å². The number of nitrogens with one attached hydrogen (secondary N) is 1. The molecule has 0 radical (unpaired) electrons. The predicted octanol–water partition coefficient (Wildman–Crippen LogP) is 3.67. The first kappa shape index (κ1) is 26.7. The van der Waals surface area contributed by atoms with Gasteiger partial charge < -0.3 is 10.2 Å². The standard InChI is InChI=1S/C24H32ClN3O4S/c1-6-21(24(30)26-7-2)27(15-19-12-9-8-11-17(19)3)23(29)16-28(33(5,31)32)22-14-10-13-20(25)18(22)4/h8-14,21H,6-7,15-16H2,1-5H3,(H,26,30)/t21-/m0/s1. The molecule has 0 fully saturated rings. The van der Waals surface area contributed by atoms with Crippen LogP contribution in [0.5, 0.6) is 0 Å². The molecule has 33 heavy (non-hydrogen) atoms. The van der Waals surface area contributed by atoms with Gasteiger partial charge in [0.05, 0.1) is 11.9 Å². The van der Waals surface area contributed by atoms with Crippen molar-refractivity contribution in [3.8, 4) is 0 Å². The summed E-state index contributed by atoms with van der Waals surface area (Å²) in [6.45, 7) is 7.45. The fraction of sp³-hybridized carbons (Fsp3) is 0.417. The highest BCUT2D eigenvalue weighted by atomic mass is 35.5. The Morgan fingerprint density at radius 3 is 2.30 bits per heavy atom. The summed E-state index contributed by atoms with van der Waals surface area (Å²) >= 11 is 6.21. The number of anilines is 1. The lowest BCUT2D eigenvalue weighted by atomic mass is 10.1. The van der Waals surface area contributed by atoms with E-state index >= 15 is 0 Å². The summed E-state index contributed by atoms with van der Waals surface area (Å²) in [4.78, 5) is 27.9. The Balaban J connectivity index is 2.49. The topological polar surface area (TPSA) is 86.8 Å². The van der Waals surface area contributed by atoms with E-state index in [2.05, 4.69) is 5.32 Å². The van der Waals surface area contributed by atoms with Crippen molar-refractivity contribution in [3.05, 3.63) is 64.2 Å². The fourth-order valence-electron chi connectivity index (χ4n) is 3.64. The maximum Gasteiger partial charge on any atom is 0.244 e. The van der Waals surface area contributed by atoms with Crippen LogP contribution in [-0.2, 0) is 26.2 Å². The molecule has 2 aromatic rings. The minimum absolute atomic E-state index is 0.188. The molecule has 2 aromatic carbocycles. The van der Waals surface area contributed by atoms with E-state index in [9.17, 15) is 18.0 Å². The predicted molar refractivity (Wildman–Crippen MR) is 133 cm³/mol. The first-order chi connectivity index (χ1) is 15.5. The van der Waals surface area contributed by atoms with Gasteiger partial charge in [0.2, 0.25) is 21.8 Å². The number of rotatable bonds is 10. The van der Waals surface area contributed by atoms with Crippen LogP contribution in [0.2, 0.25) is 5.02 Å². The maximum absolute atomic E-state index is 13.6. The van der Waals surface area contributed by atoms with Gasteiger partial charge in [-0.05, 0) is 56.0 Å². The molecule has 0 aromatic heterocycles. The molecule has 9 heteroatoms. The molecule has 0 bridgehead atoms. The Kier molecular flexibility index (Phi) is 9.31. The Bertz CT molecular complexity index is 1100. The second kappa shape index (κ2) is 11.5. The van der Waals surface area contributed by atoms with E-state index in [1.165, 1.54) is 4.90 Å². The van der Waals surface area contributed by atoms with E-state index in [-0.39, 0.29) is 12.5 Å². The van der Waals surface area contributed by atoms with Crippen molar-refractivity contribution < 1.29 is 18.0 Å². The van der Waals surface area contributed by atoms with Crippen molar-refractivity contribution in [2.75, 3.05) is 23.7 Å². The first-order valence-corrected chi connectivity index (χ1v) is 13.1. The zero-order valence-electron chi connectivity index (χ0n) is 19.8. The SMILES string of the molecule is CCNC(=O)[C@H](CC)N(Cc1ccccc1C)C(=O)CN(c1cccc(Cl)c1C)S(C)(=O)=O. The van der Waals surface area contributed by atoms with Gasteiger partial charge in [0.15, 0.2) is 0 Å². The average Bonchev–Trinajstić information content (AvgIpc) is 2.74. The van der Waals surface area contributed by atoms with Gasteiger partial charge in [-0.15, -0.1) is 0 Å². The minimum Gasteiger partial charge on any atom is -0.355 e. The Hall–Kier alpha value is -2.58. The number of benzene rings is 2. The highest BCUT2D eigenvalue weighted by Gasteiger charge is 2.32. The third kappa shape index (κ3) is 6.71. The zero-order chi connectivity index (χ0) is 24.8. The van der Waals surface area contributed by atoms with Crippen LogP contribution in [0.15, 0.2) is 42.5 Å². The van der Waals surface area contributed by atoms with Crippen LogP contribution in [0.1, 0.15) is 37.0 Å². The summed E-state index contributed by atoms with van der Waals surface area (Å²) < 4.78 is 26.4. The maximum atomic E-state index is 13.6. The Morgan fingerprint density at radius 1 is 1.06 bits per heavy atom. The molecule has 0 saturated carbocycles. The van der Waals surface area contributed by atoms with Gasteiger partial charge in [-0.25, -0.2) is 8.42 Å². The van der Waals surface area contributed by atoms with Gasteiger partial charge in [-0.2, -0.15) is 0 Å². The lowest BCUT2D eigenvalue weighted by molar-refractivity contribution is -0.140. The smallest absolute Gasteiger partial charge is 0.244 e. The molecule has 0 saturated heterocycles. The van der Waals surface area contributed by atoms with E-state index < -0.39 is 28.5 Å². The average molecular weight is 494 g/mol.